The molecule has 0 heterocycles. The minimum absolute atomic E-state index is 0.0188. The van der Waals surface area contributed by atoms with Crippen molar-refractivity contribution in [2.75, 3.05) is 25.7 Å². The number of esters is 1. The lowest BCUT2D eigenvalue weighted by molar-refractivity contribution is -0.139. The number of amides is 1. The highest BCUT2D eigenvalue weighted by atomic mass is 28.3. The van der Waals surface area contributed by atoms with Gasteiger partial charge in [0.1, 0.15) is 14.7 Å². The number of rotatable bonds is 5. The number of anilines is 1. The van der Waals surface area contributed by atoms with Gasteiger partial charge >= 0.3 is 12.1 Å². The normalized spacial score (nSPS) is 12.2. The summed E-state index contributed by atoms with van der Waals surface area (Å²) in [5, 5.41) is 0. The number of carbonyl (C=O) groups excluding carboxylic acids is 2. The van der Waals surface area contributed by atoms with E-state index in [9.17, 15) is 9.59 Å². The van der Waals surface area contributed by atoms with Gasteiger partial charge in [-0.25, -0.2) is 4.79 Å². The van der Waals surface area contributed by atoms with E-state index >= 15 is 0 Å². The largest absolute Gasteiger partial charge is 0.469 e. The molecule has 0 radical (unpaired) electrons. The number of carbonyl (C=O) groups is 2. The molecule has 1 aliphatic rings. The van der Waals surface area contributed by atoms with Crippen LogP contribution in [-0.4, -0.2) is 40.9 Å². The van der Waals surface area contributed by atoms with E-state index in [1.165, 1.54) is 34.3 Å². The van der Waals surface area contributed by atoms with Crippen LogP contribution in [0.1, 0.15) is 33.7 Å². The highest BCUT2D eigenvalue weighted by Gasteiger charge is 2.29. The molecule has 4 rings (SSSR count). The summed E-state index contributed by atoms with van der Waals surface area (Å²) in [5.74, 6) is 2.93. The third-order valence-corrected chi connectivity index (χ3v) is 7.43. The zero-order chi connectivity index (χ0) is 26.7. The molecule has 0 aliphatic heterocycles. The first-order valence-corrected chi connectivity index (χ1v) is 15.9. The average Bonchev–Trinajstić information content (AvgIpc) is 3.20. The Morgan fingerprint density at radius 2 is 1.57 bits per heavy atom. The molecule has 190 valence electrons. The Labute approximate surface area is 220 Å². The molecular formula is C31H33NO4Si. The van der Waals surface area contributed by atoms with E-state index in [2.05, 4.69) is 55.4 Å². The van der Waals surface area contributed by atoms with Crippen LogP contribution in [0.3, 0.4) is 0 Å². The number of methoxy groups -OCH3 is 1. The van der Waals surface area contributed by atoms with Crippen molar-refractivity contribution < 1.29 is 19.1 Å². The van der Waals surface area contributed by atoms with Crippen molar-refractivity contribution in [3.63, 3.8) is 0 Å². The molecule has 0 saturated carbocycles. The number of ether oxygens (including phenoxy) is 2. The molecule has 1 amide bonds. The summed E-state index contributed by atoms with van der Waals surface area (Å²) in [6.45, 7) is 8.71. The summed E-state index contributed by atoms with van der Waals surface area (Å²) in [7, 11) is 1.43. The average molecular weight is 512 g/mol. The maximum Gasteiger partial charge on any atom is 0.414 e. The van der Waals surface area contributed by atoms with Crippen molar-refractivity contribution >= 4 is 25.8 Å². The van der Waals surface area contributed by atoms with Gasteiger partial charge in [0.2, 0.25) is 0 Å². The molecule has 3 aromatic carbocycles. The molecular weight excluding hydrogens is 478 g/mol. The van der Waals surface area contributed by atoms with Crippen molar-refractivity contribution in [1.82, 2.24) is 0 Å². The molecule has 3 aromatic rings. The van der Waals surface area contributed by atoms with Crippen molar-refractivity contribution in [2.45, 2.75) is 38.9 Å². The molecule has 37 heavy (non-hydrogen) atoms. The Balaban J connectivity index is 1.60. The number of benzene rings is 3. The van der Waals surface area contributed by atoms with Gasteiger partial charge in [0, 0.05) is 18.5 Å². The van der Waals surface area contributed by atoms with Crippen molar-refractivity contribution in [3.05, 3.63) is 88.5 Å². The lowest BCUT2D eigenvalue weighted by Crippen LogP contribution is -2.29. The predicted octanol–water partition coefficient (Wildman–Crippen LogP) is 6.32. The molecule has 0 saturated heterocycles. The van der Waals surface area contributed by atoms with Crippen LogP contribution >= 0.6 is 0 Å². The molecule has 5 nitrogen and oxygen atoms in total. The van der Waals surface area contributed by atoms with E-state index in [0.29, 0.717) is 5.69 Å². The number of hydrogen-bond donors (Lipinski definition) is 0. The third kappa shape index (κ3) is 5.78. The maximum atomic E-state index is 13.3. The Kier molecular flexibility index (Phi) is 7.56. The van der Waals surface area contributed by atoms with Gasteiger partial charge in [0.05, 0.1) is 19.2 Å². The molecule has 0 aromatic heterocycles. The molecule has 0 spiro atoms. The van der Waals surface area contributed by atoms with Crippen LogP contribution < -0.4 is 4.90 Å². The van der Waals surface area contributed by atoms with Gasteiger partial charge in [-0.05, 0) is 52.4 Å². The monoisotopic (exact) mass is 511 g/mol. The molecule has 0 N–H and O–H groups in total. The second kappa shape index (κ2) is 10.7. The summed E-state index contributed by atoms with van der Waals surface area (Å²) in [5.41, 5.74) is 11.2. The first kappa shape index (κ1) is 26.2. The van der Waals surface area contributed by atoms with E-state index in [1.54, 1.807) is 7.05 Å². The zero-order valence-electron chi connectivity index (χ0n) is 22.3. The summed E-state index contributed by atoms with van der Waals surface area (Å²) >= 11 is 0. The van der Waals surface area contributed by atoms with E-state index in [0.717, 1.165) is 16.7 Å². The van der Waals surface area contributed by atoms with Gasteiger partial charge in [-0.2, -0.15) is 0 Å². The van der Waals surface area contributed by atoms with Gasteiger partial charge in [0.15, 0.2) is 0 Å². The van der Waals surface area contributed by atoms with E-state index in [-0.39, 0.29) is 24.9 Å². The highest BCUT2D eigenvalue weighted by molar-refractivity contribution is 6.83. The number of fused-ring (bicyclic) bond motifs is 3. The number of hydrogen-bond acceptors (Lipinski definition) is 4. The number of nitrogens with zero attached hydrogens (tertiary/aromatic N) is 1. The molecule has 0 bridgehead atoms. The van der Waals surface area contributed by atoms with E-state index < -0.39 is 14.2 Å². The van der Waals surface area contributed by atoms with E-state index in [1.807, 2.05) is 43.3 Å². The Morgan fingerprint density at radius 3 is 2.14 bits per heavy atom. The van der Waals surface area contributed by atoms with Crippen LogP contribution in [0.2, 0.25) is 19.6 Å². The minimum atomic E-state index is -1.63. The predicted molar refractivity (Wildman–Crippen MR) is 151 cm³/mol. The van der Waals surface area contributed by atoms with E-state index in [4.69, 9.17) is 9.47 Å². The molecule has 0 unspecified atom stereocenters. The zero-order valence-corrected chi connectivity index (χ0v) is 23.3. The van der Waals surface area contributed by atoms with Gasteiger partial charge < -0.3 is 9.47 Å². The summed E-state index contributed by atoms with van der Waals surface area (Å²) in [6, 6.07) is 20.3. The van der Waals surface area contributed by atoms with Crippen molar-refractivity contribution in [3.8, 4) is 22.6 Å². The topological polar surface area (TPSA) is 55.8 Å². The van der Waals surface area contributed by atoms with Crippen LogP contribution in [0.15, 0.2) is 60.7 Å². The third-order valence-electron chi connectivity index (χ3n) is 6.56. The van der Waals surface area contributed by atoms with Gasteiger partial charge in [-0.1, -0.05) is 74.1 Å². The summed E-state index contributed by atoms with van der Waals surface area (Å²) in [4.78, 5) is 26.8. The first-order chi connectivity index (χ1) is 17.6. The Hall–Kier alpha value is -3.82. The fourth-order valence-electron chi connectivity index (χ4n) is 4.62. The summed E-state index contributed by atoms with van der Waals surface area (Å²) in [6.07, 6.45) is -0.353. The van der Waals surface area contributed by atoms with Crippen LogP contribution in [0.5, 0.6) is 0 Å². The molecule has 0 atom stereocenters. The lowest BCUT2D eigenvalue weighted by Gasteiger charge is -2.23. The van der Waals surface area contributed by atoms with Gasteiger partial charge in [-0.3, -0.25) is 9.69 Å². The van der Waals surface area contributed by atoms with Crippen LogP contribution in [0.25, 0.3) is 11.1 Å². The van der Waals surface area contributed by atoms with Crippen LogP contribution in [-0.2, 0) is 20.7 Å². The van der Waals surface area contributed by atoms with Crippen LogP contribution in [0.4, 0.5) is 10.5 Å². The minimum Gasteiger partial charge on any atom is -0.469 e. The molecule has 1 aliphatic carbocycles. The first-order valence-electron chi connectivity index (χ1n) is 12.4. The maximum absolute atomic E-state index is 13.3. The quantitative estimate of drug-likeness (QED) is 0.228. The second-order valence-electron chi connectivity index (χ2n) is 10.4. The second-order valence-corrected chi connectivity index (χ2v) is 15.2. The van der Waals surface area contributed by atoms with Gasteiger partial charge in [-0.15, -0.1) is 5.54 Å². The fraction of sp³-hybridized carbons (Fsp3) is 0.290. The molecule has 6 heteroatoms. The van der Waals surface area contributed by atoms with Crippen molar-refractivity contribution in [2.24, 2.45) is 0 Å². The fourth-order valence-corrected chi connectivity index (χ4v) is 5.13. The smallest absolute Gasteiger partial charge is 0.414 e. The van der Waals surface area contributed by atoms with Crippen molar-refractivity contribution in [1.29, 1.82) is 0 Å². The van der Waals surface area contributed by atoms with Crippen LogP contribution in [0, 0.1) is 18.4 Å². The Bertz CT molecular complexity index is 1370. The SMILES string of the molecule is COC(=O)Cc1cc(C#C[Si](C)(C)C)c(C)c(N(C)C(=O)OCC2c3ccccc3-c3ccccc32)c1. The Morgan fingerprint density at radius 1 is 0.973 bits per heavy atom. The molecule has 0 fully saturated rings. The van der Waals surface area contributed by atoms with Gasteiger partial charge in [0.25, 0.3) is 0 Å². The standard InChI is InChI=1S/C31H33NO4Si/c1-21-23(15-16-37(4,5)6)17-22(19-30(33)35-3)18-29(21)32(2)31(34)36-20-28-26-13-9-7-11-24(26)25-12-8-10-14-27(25)28/h7-14,17-18,28H,19-20H2,1-6H3. The highest BCUT2D eigenvalue weighted by Crippen LogP contribution is 2.44. The summed E-state index contributed by atoms with van der Waals surface area (Å²) < 4.78 is 10.7. The lowest BCUT2D eigenvalue weighted by atomic mass is 9.98.